The summed E-state index contributed by atoms with van der Waals surface area (Å²) in [6, 6.07) is -0.258. The van der Waals surface area contributed by atoms with Gasteiger partial charge in [0, 0.05) is 50.9 Å². The number of hydrogen-bond donors (Lipinski definition) is 3. The molecule has 0 aromatic carbocycles. The zero-order valence-corrected chi connectivity index (χ0v) is 21.8. The van der Waals surface area contributed by atoms with E-state index in [1.807, 2.05) is 29.2 Å². The Balaban J connectivity index is 1.30. The summed E-state index contributed by atoms with van der Waals surface area (Å²) in [7, 11) is 0. The third-order valence-electron chi connectivity index (χ3n) is 7.10. The van der Waals surface area contributed by atoms with Crippen molar-refractivity contribution in [3.05, 3.63) is 59.9 Å². The minimum atomic E-state index is -0.223. The molecule has 4 N–H and O–H groups in total. The molecule has 0 aromatic heterocycles. The van der Waals surface area contributed by atoms with E-state index < -0.39 is 0 Å². The summed E-state index contributed by atoms with van der Waals surface area (Å²) in [6.45, 7) is 8.10. The summed E-state index contributed by atoms with van der Waals surface area (Å²) in [6.07, 6.45) is 18.1. The summed E-state index contributed by atoms with van der Waals surface area (Å²) in [4.78, 5) is 34.8. The van der Waals surface area contributed by atoms with Crippen molar-refractivity contribution in [2.45, 2.75) is 38.3 Å². The maximum Gasteiger partial charge on any atom is 0.317 e. The molecule has 2 aliphatic carbocycles. The van der Waals surface area contributed by atoms with Crippen molar-refractivity contribution in [3.8, 4) is 0 Å². The van der Waals surface area contributed by atoms with Crippen molar-refractivity contribution >= 4 is 17.6 Å². The number of allylic oxidation sites excluding steroid dienone is 4. The molecule has 3 amide bonds. The number of hydrogen-bond acceptors (Lipinski definition) is 6. The molecule has 3 unspecified atom stereocenters. The van der Waals surface area contributed by atoms with Gasteiger partial charge in [-0.25, -0.2) is 4.79 Å². The molecule has 0 bridgehead atoms. The fourth-order valence-electron chi connectivity index (χ4n) is 4.80. The van der Waals surface area contributed by atoms with Gasteiger partial charge in [-0.1, -0.05) is 42.0 Å². The van der Waals surface area contributed by atoms with Crippen LogP contribution in [-0.2, 0) is 9.53 Å². The molecule has 200 valence electrons. The molecule has 4 rings (SSSR count). The first-order chi connectivity index (χ1) is 18.0. The lowest BCUT2D eigenvalue weighted by molar-refractivity contribution is -0.115. The predicted molar refractivity (Wildman–Crippen MR) is 146 cm³/mol. The molecule has 2 aliphatic heterocycles. The van der Waals surface area contributed by atoms with Gasteiger partial charge in [-0.3, -0.25) is 14.7 Å². The van der Waals surface area contributed by atoms with E-state index >= 15 is 0 Å². The first-order valence-electron chi connectivity index (χ1n) is 13.3. The minimum Gasteiger partial charge on any atom is -0.400 e. The lowest BCUT2D eigenvalue weighted by Gasteiger charge is -2.31. The number of nitrogens with zero attached hydrogens (tertiary/aromatic N) is 3. The zero-order chi connectivity index (χ0) is 26.0. The second-order valence-electron chi connectivity index (χ2n) is 10.1. The summed E-state index contributed by atoms with van der Waals surface area (Å²) in [5.41, 5.74) is 8.26. The van der Waals surface area contributed by atoms with Crippen molar-refractivity contribution < 1.29 is 14.3 Å². The van der Waals surface area contributed by atoms with E-state index in [2.05, 4.69) is 45.7 Å². The fraction of sp³-hybridized carbons (Fsp3) is 0.536. The molecule has 9 nitrogen and oxygen atoms in total. The molecule has 9 heteroatoms. The Labute approximate surface area is 219 Å². The Morgan fingerprint density at radius 1 is 1.19 bits per heavy atom. The van der Waals surface area contributed by atoms with Gasteiger partial charge in [-0.2, -0.15) is 0 Å². The highest BCUT2D eigenvalue weighted by molar-refractivity contribution is 6.43. The first-order valence-corrected chi connectivity index (χ1v) is 13.3. The van der Waals surface area contributed by atoms with Crippen LogP contribution in [0.2, 0.25) is 0 Å². The number of urea groups is 1. The molecular formula is C28H40N6O3. The maximum absolute atomic E-state index is 13.3. The van der Waals surface area contributed by atoms with Crippen LogP contribution < -0.4 is 16.4 Å². The third kappa shape index (κ3) is 8.16. The number of nitrogens with one attached hydrogen (secondary N) is 2. The normalized spacial score (nSPS) is 25.6. The van der Waals surface area contributed by atoms with Gasteiger partial charge < -0.3 is 26.0 Å². The Morgan fingerprint density at radius 3 is 2.73 bits per heavy atom. The number of carbonyl (C=O) groups is 2. The summed E-state index contributed by atoms with van der Waals surface area (Å²) in [5, 5.41) is 6.12. The Kier molecular flexibility index (Phi) is 9.73. The van der Waals surface area contributed by atoms with E-state index in [0.29, 0.717) is 37.5 Å². The molecular weight excluding hydrogens is 468 g/mol. The molecule has 3 atom stereocenters. The molecule has 0 radical (unpaired) electrons. The number of rotatable bonds is 9. The number of carbonyl (C=O) groups excluding carboxylic acids is 2. The average molecular weight is 509 g/mol. The largest absolute Gasteiger partial charge is 0.400 e. The van der Waals surface area contributed by atoms with Crippen molar-refractivity contribution in [1.29, 1.82) is 0 Å². The van der Waals surface area contributed by atoms with E-state index in [-0.39, 0.29) is 29.9 Å². The van der Waals surface area contributed by atoms with Crippen molar-refractivity contribution in [2.24, 2.45) is 16.6 Å². The number of aliphatic imine (C=N–C) groups is 1. The van der Waals surface area contributed by atoms with Crippen LogP contribution in [0.15, 0.2) is 64.9 Å². The van der Waals surface area contributed by atoms with E-state index in [9.17, 15) is 9.59 Å². The standard InChI is InChI=1S/C28H40N6O3/c1-21-7-10-23(11-8-21)31-28(36)34(14-4-13-33-15-17-37-18-16-33)20-22-9-12-26(30-19-22)27(35)32-25-6-3-2-5-24(25)29/h2-3,5,7-10,12,22-23,25H,4,6,11,13-20,29H2,1H3,(H,31,36)(H,32,35). The highest BCUT2D eigenvalue weighted by Gasteiger charge is 2.24. The fourth-order valence-corrected chi connectivity index (χ4v) is 4.80. The second-order valence-corrected chi connectivity index (χ2v) is 10.1. The van der Waals surface area contributed by atoms with E-state index in [1.54, 1.807) is 6.08 Å². The van der Waals surface area contributed by atoms with E-state index in [1.165, 1.54) is 5.57 Å². The lowest BCUT2D eigenvalue weighted by atomic mass is 10.0. The Hall–Kier alpha value is -3.17. The van der Waals surface area contributed by atoms with Gasteiger partial charge in [0.05, 0.1) is 25.3 Å². The molecule has 0 aromatic rings. The second kappa shape index (κ2) is 13.4. The Bertz CT molecular complexity index is 1010. The van der Waals surface area contributed by atoms with Crippen LogP contribution in [0.3, 0.4) is 0 Å². The van der Waals surface area contributed by atoms with Gasteiger partial charge in [0.1, 0.15) is 5.71 Å². The number of amides is 3. The van der Waals surface area contributed by atoms with E-state index in [0.717, 1.165) is 45.7 Å². The maximum atomic E-state index is 13.3. The predicted octanol–water partition coefficient (Wildman–Crippen LogP) is 1.91. The molecule has 1 saturated heterocycles. The Morgan fingerprint density at radius 2 is 2.03 bits per heavy atom. The highest BCUT2D eigenvalue weighted by atomic mass is 16.5. The van der Waals surface area contributed by atoms with Crippen molar-refractivity contribution in [1.82, 2.24) is 20.4 Å². The van der Waals surface area contributed by atoms with Crippen LogP contribution in [0.4, 0.5) is 4.79 Å². The van der Waals surface area contributed by atoms with E-state index in [4.69, 9.17) is 10.5 Å². The number of morpholine rings is 1. The van der Waals surface area contributed by atoms with Gasteiger partial charge in [0.25, 0.3) is 5.91 Å². The topological polar surface area (TPSA) is 112 Å². The van der Waals surface area contributed by atoms with Gasteiger partial charge in [0.2, 0.25) is 0 Å². The quantitative estimate of drug-likeness (QED) is 0.441. The monoisotopic (exact) mass is 508 g/mol. The van der Waals surface area contributed by atoms with Gasteiger partial charge >= 0.3 is 6.03 Å². The van der Waals surface area contributed by atoms with Crippen LogP contribution >= 0.6 is 0 Å². The van der Waals surface area contributed by atoms with Gasteiger partial charge in [-0.15, -0.1) is 0 Å². The number of ether oxygens (including phenoxy) is 1. The zero-order valence-electron chi connectivity index (χ0n) is 21.8. The smallest absolute Gasteiger partial charge is 0.317 e. The van der Waals surface area contributed by atoms with Crippen molar-refractivity contribution in [2.75, 3.05) is 52.5 Å². The summed E-state index contributed by atoms with van der Waals surface area (Å²) < 4.78 is 5.44. The molecule has 1 fully saturated rings. The van der Waals surface area contributed by atoms with Gasteiger partial charge in [0.15, 0.2) is 0 Å². The highest BCUT2D eigenvalue weighted by Crippen LogP contribution is 2.14. The third-order valence-corrected chi connectivity index (χ3v) is 7.10. The number of nitrogens with two attached hydrogens (primary N) is 1. The first kappa shape index (κ1) is 26.9. The van der Waals surface area contributed by atoms with Crippen LogP contribution in [-0.4, -0.2) is 92.0 Å². The van der Waals surface area contributed by atoms with Crippen LogP contribution in [0, 0.1) is 5.92 Å². The average Bonchev–Trinajstić information content (AvgIpc) is 2.91. The SMILES string of the molecule is CC1=CCC(NC(=O)N(CCCN2CCOCC2)CC2C=CC(C(=O)NC3CC=CC=C3N)=NC2)C=C1. The molecule has 0 saturated carbocycles. The molecule has 2 heterocycles. The van der Waals surface area contributed by atoms with Crippen LogP contribution in [0.25, 0.3) is 0 Å². The molecule has 37 heavy (non-hydrogen) atoms. The lowest BCUT2D eigenvalue weighted by Crippen LogP contribution is -2.48. The number of dihydropyridines is 1. The molecule has 0 spiro atoms. The molecule has 4 aliphatic rings. The minimum absolute atomic E-state index is 0.00396. The van der Waals surface area contributed by atoms with Crippen molar-refractivity contribution in [3.63, 3.8) is 0 Å². The van der Waals surface area contributed by atoms with Crippen LogP contribution in [0.5, 0.6) is 0 Å². The summed E-state index contributed by atoms with van der Waals surface area (Å²) in [5.74, 6) is -0.170. The van der Waals surface area contributed by atoms with Gasteiger partial charge in [-0.05, 0) is 38.3 Å². The van der Waals surface area contributed by atoms with Crippen LogP contribution in [0.1, 0.15) is 26.2 Å². The summed E-state index contributed by atoms with van der Waals surface area (Å²) >= 11 is 0.